The minimum atomic E-state index is -0.466. The highest BCUT2D eigenvalue weighted by Gasteiger charge is 2.34. The van der Waals surface area contributed by atoms with Crippen molar-refractivity contribution >= 4 is 11.9 Å². The van der Waals surface area contributed by atoms with Crippen molar-refractivity contribution in [2.75, 3.05) is 25.5 Å². The summed E-state index contributed by atoms with van der Waals surface area (Å²) in [6, 6.07) is 4.16. The van der Waals surface area contributed by atoms with Gasteiger partial charge in [0.25, 0.3) is 0 Å². The molecule has 1 aromatic rings. The Morgan fingerprint density at radius 2 is 2.05 bits per heavy atom. The Hall–Kier alpha value is -1.78. The highest BCUT2D eigenvalue weighted by Crippen LogP contribution is 2.34. The second kappa shape index (κ2) is 6.15. The molecule has 0 aliphatic carbocycles. The van der Waals surface area contributed by atoms with Crippen LogP contribution < -0.4 is 4.90 Å². The summed E-state index contributed by atoms with van der Waals surface area (Å²) < 4.78 is 5.53. The van der Waals surface area contributed by atoms with Gasteiger partial charge in [-0.1, -0.05) is 6.07 Å². The maximum atomic E-state index is 12.4. The number of carbonyl (C=O) groups excluding carboxylic acids is 1. The molecule has 122 valence electrons. The summed E-state index contributed by atoms with van der Waals surface area (Å²) in [6.45, 7) is 8.44. The number of hydrogen-bond acceptors (Lipinski definition) is 4. The fourth-order valence-corrected chi connectivity index (χ4v) is 2.79. The molecule has 0 saturated carbocycles. The molecule has 1 saturated heterocycles. The number of hydrogen-bond donors (Lipinski definition) is 0. The lowest BCUT2D eigenvalue weighted by molar-refractivity contribution is 0.0224. The number of carbonyl (C=O) groups is 1. The summed E-state index contributed by atoms with van der Waals surface area (Å²) in [6.07, 6.45) is 1.73. The first-order chi connectivity index (χ1) is 10.2. The van der Waals surface area contributed by atoms with E-state index in [0.717, 1.165) is 36.5 Å². The zero-order valence-electron chi connectivity index (χ0n) is 14.5. The van der Waals surface area contributed by atoms with Crippen molar-refractivity contribution in [1.82, 2.24) is 9.88 Å². The zero-order valence-corrected chi connectivity index (χ0v) is 14.5. The van der Waals surface area contributed by atoms with Crippen LogP contribution in [0.3, 0.4) is 0 Å². The topological polar surface area (TPSA) is 45.7 Å². The largest absolute Gasteiger partial charge is 0.444 e. The minimum absolute atomic E-state index is 0.0681. The van der Waals surface area contributed by atoms with Crippen LogP contribution in [0.5, 0.6) is 0 Å². The third kappa shape index (κ3) is 3.70. The highest BCUT2D eigenvalue weighted by atomic mass is 16.6. The Kier molecular flexibility index (Phi) is 4.63. The lowest BCUT2D eigenvalue weighted by Crippen LogP contribution is -2.36. The average Bonchev–Trinajstić information content (AvgIpc) is 2.85. The molecule has 2 rings (SSSR count). The van der Waals surface area contributed by atoms with Crippen LogP contribution in [0.15, 0.2) is 12.1 Å². The van der Waals surface area contributed by atoms with Gasteiger partial charge in [0.2, 0.25) is 0 Å². The van der Waals surface area contributed by atoms with E-state index < -0.39 is 5.60 Å². The molecule has 0 radical (unpaired) electrons. The van der Waals surface area contributed by atoms with Crippen molar-refractivity contribution < 1.29 is 9.53 Å². The molecule has 0 unspecified atom stereocenters. The van der Waals surface area contributed by atoms with Crippen LogP contribution >= 0.6 is 0 Å². The Morgan fingerprint density at radius 1 is 1.36 bits per heavy atom. The predicted molar refractivity (Wildman–Crippen MR) is 88.2 cm³/mol. The Balaban J connectivity index is 2.22. The molecule has 5 nitrogen and oxygen atoms in total. The first-order valence-electron chi connectivity index (χ1n) is 7.83. The van der Waals surface area contributed by atoms with E-state index in [1.54, 1.807) is 0 Å². The molecule has 1 atom stereocenters. The molecule has 5 heteroatoms. The van der Waals surface area contributed by atoms with Crippen molar-refractivity contribution in [3.63, 3.8) is 0 Å². The van der Waals surface area contributed by atoms with Crippen molar-refractivity contribution in [3.8, 4) is 0 Å². The first kappa shape index (κ1) is 16.6. The van der Waals surface area contributed by atoms with Crippen molar-refractivity contribution in [1.29, 1.82) is 0 Å². The van der Waals surface area contributed by atoms with Gasteiger partial charge in [0.15, 0.2) is 0 Å². The number of pyridine rings is 1. The Labute approximate surface area is 133 Å². The smallest absolute Gasteiger partial charge is 0.410 e. The summed E-state index contributed by atoms with van der Waals surface area (Å²) in [4.78, 5) is 20.9. The summed E-state index contributed by atoms with van der Waals surface area (Å²) >= 11 is 0. The molecule has 0 spiro atoms. The number of amides is 1. The quantitative estimate of drug-likeness (QED) is 0.838. The first-order valence-corrected chi connectivity index (χ1v) is 7.83. The molecule has 22 heavy (non-hydrogen) atoms. The van der Waals surface area contributed by atoms with Gasteiger partial charge in [-0.2, -0.15) is 0 Å². The van der Waals surface area contributed by atoms with Crippen LogP contribution in [0.25, 0.3) is 0 Å². The van der Waals surface area contributed by atoms with Gasteiger partial charge < -0.3 is 14.5 Å². The van der Waals surface area contributed by atoms with Crippen LogP contribution in [0.2, 0.25) is 0 Å². The maximum absolute atomic E-state index is 12.4. The summed E-state index contributed by atoms with van der Waals surface area (Å²) in [5, 5.41) is 0. The van der Waals surface area contributed by atoms with E-state index >= 15 is 0 Å². The number of aryl methyl sites for hydroxylation is 1. The van der Waals surface area contributed by atoms with E-state index in [1.165, 1.54) is 0 Å². The standard InChI is InChI=1S/C17H27N3O2/c1-12-13(9-10-15(18-12)19(5)6)14-8-7-11-20(14)16(21)22-17(2,3)4/h9-10,14H,7-8,11H2,1-6H3/t14-/m1/s1. The van der Waals surface area contributed by atoms with E-state index in [4.69, 9.17) is 4.74 Å². The molecule has 0 bridgehead atoms. The molecule has 1 aromatic heterocycles. The lowest BCUT2D eigenvalue weighted by Gasteiger charge is -2.29. The summed E-state index contributed by atoms with van der Waals surface area (Å²) in [7, 11) is 3.95. The number of ether oxygens (including phenoxy) is 1. The van der Waals surface area contributed by atoms with Gasteiger partial charge in [-0.15, -0.1) is 0 Å². The average molecular weight is 305 g/mol. The van der Waals surface area contributed by atoms with E-state index in [1.807, 2.05) is 57.7 Å². The summed E-state index contributed by atoms with van der Waals surface area (Å²) in [5.74, 6) is 0.933. The number of likely N-dealkylation sites (tertiary alicyclic amines) is 1. The molecular weight excluding hydrogens is 278 g/mol. The second-order valence-corrected chi connectivity index (χ2v) is 7.07. The molecule has 1 amide bonds. The Morgan fingerprint density at radius 3 is 2.59 bits per heavy atom. The predicted octanol–water partition coefficient (Wildman–Crippen LogP) is 3.53. The van der Waals surface area contributed by atoms with Crippen LogP contribution in [0.4, 0.5) is 10.6 Å². The van der Waals surface area contributed by atoms with Crippen molar-refractivity contribution in [3.05, 3.63) is 23.4 Å². The van der Waals surface area contributed by atoms with Gasteiger partial charge in [-0.3, -0.25) is 0 Å². The summed E-state index contributed by atoms with van der Waals surface area (Å²) in [5.41, 5.74) is 1.63. The van der Waals surface area contributed by atoms with Gasteiger partial charge in [-0.05, 0) is 52.2 Å². The van der Waals surface area contributed by atoms with Gasteiger partial charge in [-0.25, -0.2) is 9.78 Å². The number of nitrogens with zero attached hydrogens (tertiary/aromatic N) is 3. The third-order valence-electron chi connectivity index (χ3n) is 3.81. The van der Waals surface area contributed by atoms with Gasteiger partial charge in [0.05, 0.1) is 6.04 Å². The van der Waals surface area contributed by atoms with E-state index in [2.05, 4.69) is 11.1 Å². The molecule has 0 N–H and O–H groups in total. The fourth-order valence-electron chi connectivity index (χ4n) is 2.79. The maximum Gasteiger partial charge on any atom is 0.410 e. The fraction of sp³-hybridized carbons (Fsp3) is 0.647. The molecule has 2 heterocycles. The normalized spacial score (nSPS) is 18.5. The van der Waals surface area contributed by atoms with E-state index in [9.17, 15) is 4.79 Å². The zero-order chi connectivity index (χ0) is 16.5. The molecule has 1 aliphatic rings. The van der Waals surface area contributed by atoms with Crippen LogP contribution in [0, 0.1) is 6.92 Å². The Bertz CT molecular complexity index is 549. The second-order valence-electron chi connectivity index (χ2n) is 7.07. The van der Waals surface area contributed by atoms with E-state index in [-0.39, 0.29) is 12.1 Å². The van der Waals surface area contributed by atoms with Crippen LogP contribution in [-0.2, 0) is 4.74 Å². The molecular formula is C17H27N3O2. The lowest BCUT2D eigenvalue weighted by atomic mass is 10.0. The number of anilines is 1. The molecule has 1 aliphatic heterocycles. The van der Waals surface area contributed by atoms with Gasteiger partial charge in [0, 0.05) is 26.3 Å². The van der Waals surface area contributed by atoms with Crippen molar-refractivity contribution in [2.24, 2.45) is 0 Å². The van der Waals surface area contributed by atoms with Crippen LogP contribution in [-0.4, -0.2) is 42.2 Å². The van der Waals surface area contributed by atoms with Crippen LogP contribution in [0.1, 0.15) is 50.9 Å². The third-order valence-corrected chi connectivity index (χ3v) is 3.81. The van der Waals surface area contributed by atoms with Gasteiger partial charge in [0.1, 0.15) is 11.4 Å². The minimum Gasteiger partial charge on any atom is -0.444 e. The SMILES string of the molecule is Cc1nc(N(C)C)ccc1[C@H]1CCCN1C(=O)OC(C)(C)C. The van der Waals surface area contributed by atoms with Gasteiger partial charge >= 0.3 is 6.09 Å². The highest BCUT2D eigenvalue weighted by molar-refractivity contribution is 5.69. The molecule has 1 fully saturated rings. The molecule has 0 aromatic carbocycles. The number of aromatic nitrogens is 1. The van der Waals surface area contributed by atoms with E-state index in [0.29, 0.717) is 0 Å². The number of rotatable bonds is 2. The van der Waals surface area contributed by atoms with Crippen molar-refractivity contribution in [2.45, 2.75) is 52.2 Å². The monoisotopic (exact) mass is 305 g/mol.